The molecule has 0 saturated carbocycles. The summed E-state index contributed by atoms with van der Waals surface area (Å²) in [5.41, 5.74) is 0. The van der Waals surface area contributed by atoms with Crippen molar-refractivity contribution in [2.45, 2.75) is 11.8 Å². The molecule has 5 heteroatoms. The quantitative estimate of drug-likeness (QED) is 0.317. The molecule has 0 bridgehead atoms. The highest BCUT2D eigenvalue weighted by molar-refractivity contribution is 14.1. The highest BCUT2D eigenvalue weighted by Gasteiger charge is 2.05. The maximum Gasteiger partial charge on any atom is 0.344 e. The summed E-state index contributed by atoms with van der Waals surface area (Å²) >= 11 is 6.85. The summed E-state index contributed by atoms with van der Waals surface area (Å²) in [6.45, 7) is 2.20. The van der Waals surface area contributed by atoms with Gasteiger partial charge in [0.2, 0.25) is 0 Å². The average molecular weight is 413 g/mol. The number of ether oxygens (including phenoxy) is 1. The Kier molecular flexibility index (Phi) is 6.45. The molecule has 0 atom stereocenters. The molecule has 0 aliphatic heterocycles. The molecule has 0 fully saturated rings. The number of carbonyl (C=O) groups excluding carboxylic acids is 1. The minimum absolute atomic E-state index is 0.271. The molecule has 0 radical (unpaired) electrons. The fourth-order valence-corrected chi connectivity index (χ4v) is 2.31. The number of benzene rings is 1. The Hall–Kier alpha value is -0.0100. The Morgan fingerprint density at radius 2 is 2.12 bits per heavy atom. The van der Waals surface area contributed by atoms with Crippen molar-refractivity contribution in [1.82, 2.24) is 0 Å². The van der Waals surface area contributed by atoms with Gasteiger partial charge in [0.1, 0.15) is 3.58 Å². The maximum absolute atomic E-state index is 11.3. The van der Waals surface area contributed by atoms with E-state index in [0.29, 0.717) is 10.2 Å². The summed E-state index contributed by atoms with van der Waals surface area (Å²) in [5, 5.41) is 1.79. The largest absolute Gasteiger partial charge is 0.462 e. The first-order valence-corrected chi connectivity index (χ1v) is 7.33. The van der Waals surface area contributed by atoms with Crippen LogP contribution in [-0.2, 0) is 9.53 Å². The Bertz CT molecular complexity index is 389. The standard InChI is InChI=1S/C11H10BrIO2S/c1-2-15-11(14)10(13)7-16-9-5-3-8(12)4-6-9/h3-7H,2H2,1H3/b10-7+. The monoisotopic (exact) mass is 412 g/mol. The molecule has 2 nitrogen and oxygen atoms in total. The number of esters is 1. The molecular formula is C11H10BrIO2S. The van der Waals surface area contributed by atoms with Crippen molar-refractivity contribution in [3.8, 4) is 0 Å². The molecule has 16 heavy (non-hydrogen) atoms. The van der Waals surface area contributed by atoms with Crippen LogP contribution >= 0.6 is 50.3 Å². The highest BCUT2D eigenvalue weighted by atomic mass is 127. The van der Waals surface area contributed by atoms with Crippen LogP contribution < -0.4 is 0 Å². The van der Waals surface area contributed by atoms with E-state index < -0.39 is 0 Å². The SMILES string of the molecule is CCOC(=O)/C(I)=C\Sc1ccc(Br)cc1. The van der Waals surface area contributed by atoms with Crippen LogP contribution in [0, 0.1) is 0 Å². The zero-order valence-electron chi connectivity index (χ0n) is 8.57. The Labute approximate surface area is 121 Å². The molecule has 0 amide bonds. The van der Waals surface area contributed by atoms with E-state index in [-0.39, 0.29) is 5.97 Å². The predicted molar refractivity (Wildman–Crippen MR) is 78.7 cm³/mol. The lowest BCUT2D eigenvalue weighted by molar-refractivity contribution is -0.137. The second kappa shape index (κ2) is 7.34. The fraction of sp³-hybridized carbons (Fsp3) is 0.182. The van der Waals surface area contributed by atoms with Crippen LogP contribution in [0.2, 0.25) is 0 Å². The summed E-state index contributed by atoms with van der Waals surface area (Å²) in [4.78, 5) is 12.4. The summed E-state index contributed by atoms with van der Waals surface area (Å²) in [6, 6.07) is 7.90. The van der Waals surface area contributed by atoms with Crippen LogP contribution in [0.15, 0.2) is 42.6 Å². The number of halogens is 2. The third kappa shape index (κ3) is 4.88. The second-order valence-electron chi connectivity index (χ2n) is 2.76. The van der Waals surface area contributed by atoms with Crippen LogP contribution in [-0.4, -0.2) is 12.6 Å². The third-order valence-electron chi connectivity index (χ3n) is 1.58. The molecular weight excluding hydrogens is 403 g/mol. The van der Waals surface area contributed by atoms with E-state index in [1.54, 1.807) is 12.3 Å². The number of rotatable bonds is 4. The van der Waals surface area contributed by atoms with E-state index in [1.807, 2.05) is 46.9 Å². The van der Waals surface area contributed by atoms with Gasteiger partial charge in [-0.05, 0) is 59.2 Å². The van der Waals surface area contributed by atoms with Gasteiger partial charge in [-0.1, -0.05) is 27.7 Å². The van der Waals surface area contributed by atoms with E-state index in [2.05, 4.69) is 15.9 Å². The molecule has 1 rings (SSSR count). The van der Waals surface area contributed by atoms with E-state index in [4.69, 9.17) is 4.74 Å². The molecule has 86 valence electrons. The van der Waals surface area contributed by atoms with Gasteiger partial charge in [0, 0.05) is 9.37 Å². The third-order valence-corrected chi connectivity index (χ3v) is 4.18. The van der Waals surface area contributed by atoms with Gasteiger partial charge in [-0.2, -0.15) is 0 Å². The first-order chi connectivity index (χ1) is 7.63. The summed E-state index contributed by atoms with van der Waals surface area (Å²) < 4.78 is 6.51. The van der Waals surface area contributed by atoms with Crippen molar-refractivity contribution in [1.29, 1.82) is 0 Å². The number of hydrogen-bond acceptors (Lipinski definition) is 3. The molecule has 0 aromatic heterocycles. The van der Waals surface area contributed by atoms with Crippen molar-refractivity contribution in [3.05, 3.63) is 37.7 Å². The van der Waals surface area contributed by atoms with Crippen LogP contribution in [0.5, 0.6) is 0 Å². The predicted octanol–water partition coefficient (Wildman–Crippen LogP) is 4.38. The number of thioether (sulfide) groups is 1. The molecule has 1 aromatic carbocycles. The topological polar surface area (TPSA) is 26.3 Å². The summed E-state index contributed by atoms with van der Waals surface area (Å²) in [7, 11) is 0. The smallest absolute Gasteiger partial charge is 0.344 e. The zero-order chi connectivity index (χ0) is 12.0. The van der Waals surface area contributed by atoms with Crippen molar-refractivity contribution in [3.63, 3.8) is 0 Å². The van der Waals surface area contributed by atoms with Gasteiger partial charge < -0.3 is 4.74 Å². The minimum Gasteiger partial charge on any atom is -0.462 e. The summed E-state index contributed by atoms with van der Waals surface area (Å²) in [5.74, 6) is -0.271. The van der Waals surface area contributed by atoms with Gasteiger partial charge in [-0.15, -0.1) is 0 Å². The first-order valence-electron chi connectivity index (χ1n) is 4.58. The Morgan fingerprint density at radius 1 is 1.50 bits per heavy atom. The van der Waals surface area contributed by atoms with Crippen molar-refractivity contribution in [2.24, 2.45) is 0 Å². The van der Waals surface area contributed by atoms with Crippen LogP contribution in [0.25, 0.3) is 0 Å². The van der Waals surface area contributed by atoms with Crippen molar-refractivity contribution in [2.75, 3.05) is 6.61 Å². The van der Waals surface area contributed by atoms with Gasteiger partial charge in [0.15, 0.2) is 0 Å². The number of hydrogen-bond donors (Lipinski definition) is 0. The van der Waals surface area contributed by atoms with Crippen molar-refractivity contribution >= 4 is 56.3 Å². The molecule has 0 N–H and O–H groups in total. The van der Waals surface area contributed by atoms with Gasteiger partial charge in [0.25, 0.3) is 0 Å². The lowest BCUT2D eigenvalue weighted by Crippen LogP contribution is -2.02. The molecule has 0 spiro atoms. The van der Waals surface area contributed by atoms with Crippen molar-refractivity contribution < 1.29 is 9.53 Å². The van der Waals surface area contributed by atoms with Crippen LogP contribution in [0.4, 0.5) is 0 Å². The van der Waals surface area contributed by atoms with Gasteiger partial charge >= 0.3 is 5.97 Å². The molecule has 0 aliphatic carbocycles. The summed E-state index contributed by atoms with van der Waals surface area (Å²) in [6.07, 6.45) is 0. The Balaban J connectivity index is 2.58. The van der Waals surface area contributed by atoms with Gasteiger partial charge in [0.05, 0.1) is 6.61 Å². The maximum atomic E-state index is 11.3. The van der Waals surface area contributed by atoms with E-state index >= 15 is 0 Å². The molecule has 0 heterocycles. The van der Waals surface area contributed by atoms with E-state index in [0.717, 1.165) is 9.37 Å². The molecule has 0 aliphatic rings. The molecule has 1 aromatic rings. The molecule has 0 saturated heterocycles. The second-order valence-corrected chi connectivity index (χ2v) is 5.78. The lowest BCUT2D eigenvalue weighted by Gasteiger charge is -2.00. The van der Waals surface area contributed by atoms with Gasteiger partial charge in [-0.25, -0.2) is 4.79 Å². The average Bonchev–Trinajstić information content (AvgIpc) is 2.28. The zero-order valence-corrected chi connectivity index (χ0v) is 13.1. The normalized spacial score (nSPS) is 11.3. The van der Waals surface area contributed by atoms with Crippen LogP contribution in [0.1, 0.15) is 6.92 Å². The highest BCUT2D eigenvalue weighted by Crippen LogP contribution is 2.24. The molecule has 0 unspecified atom stereocenters. The van der Waals surface area contributed by atoms with Gasteiger partial charge in [-0.3, -0.25) is 0 Å². The number of carbonyl (C=O) groups is 1. The minimum atomic E-state index is -0.271. The Morgan fingerprint density at radius 3 is 2.69 bits per heavy atom. The van der Waals surface area contributed by atoms with E-state index in [9.17, 15) is 4.79 Å². The van der Waals surface area contributed by atoms with Crippen LogP contribution in [0.3, 0.4) is 0 Å². The van der Waals surface area contributed by atoms with E-state index in [1.165, 1.54) is 11.8 Å². The first kappa shape index (κ1) is 14.1. The fourth-order valence-electron chi connectivity index (χ4n) is 0.881. The lowest BCUT2D eigenvalue weighted by atomic mass is 10.4.